The molecule has 0 saturated carbocycles. The predicted octanol–water partition coefficient (Wildman–Crippen LogP) is 1.81. The molecule has 1 fully saturated rings. The number of nitrogens with one attached hydrogen (secondary N) is 1. The molecule has 1 saturated heterocycles. The van der Waals surface area contributed by atoms with E-state index in [2.05, 4.69) is 10.3 Å². The molecule has 5 nitrogen and oxygen atoms in total. The topological polar surface area (TPSA) is 78.8 Å². The van der Waals surface area contributed by atoms with Crippen molar-refractivity contribution in [2.24, 2.45) is 4.99 Å². The van der Waals surface area contributed by atoms with E-state index in [9.17, 15) is 9.59 Å². The maximum absolute atomic E-state index is 11.5. The minimum absolute atomic E-state index is 0.134. The molecular weight excluding hydrogens is 252 g/mol. The molecule has 18 heavy (non-hydrogen) atoms. The van der Waals surface area contributed by atoms with Gasteiger partial charge < -0.3 is 10.4 Å². The molecule has 0 unspecified atom stereocenters. The van der Waals surface area contributed by atoms with Crippen molar-refractivity contribution in [1.82, 2.24) is 5.32 Å². The fraction of sp³-hybridized carbons (Fsp3) is 0.0833. The zero-order valence-electron chi connectivity index (χ0n) is 9.51. The second kappa shape index (κ2) is 5.05. The number of amides is 1. The Morgan fingerprint density at radius 3 is 2.83 bits per heavy atom. The smallest absolute Gasteiger partial charge is 0.329 e. The number of carboxylic acid groups (broad SMARTS) is 1. The Hall–Kier alpha value is -2.08. The highest BCUT2D eigenvalue weighted by atomic mass is 32.2. The van der Waals surface area contributed by atoms with E-state index in [-0.39, 0.29) is 4.91 Å². The number of hydrogen-bond acceptors (Lipinski definition) is 4. The van der Waals surface area contributed by atoms with Crippen LogP contribution in [0.2, 0.25) is 0 Å². The molecule has 1 aliphatic heterocycles. The summed E-state index contributed by atoms with van der Waals surface area (Å²) in [5.41, 5.74) is 1.73. The molecule has 6 heteroatoms. The molecule has 0 spiro atoms. The van der Waals surface area contributed by atoms with Gasteiger partial charge >= 0.3 is 5.97 Å². The Morgan fingerprint density at radius 1 is 1.44 bits per heavy atom. The predicted molar refractivity (Wildman–Crippen MR) is 69.7 cm³/mol. The van der Waals surface area contributed by atoms with Gasteiger partial charge in [0.1, 0.15) is 0 Å². The summed E-state index contributed by atoms with van der Waals surface area (Å²) in [6, 6.07) is 7.49. The summed E-state index contributed by atoms with van der Waals surface area (Å²) >= 11 is 1.02. The van der Waals surface area contributed by atoms with E-state index in [0.29, 0.717) is 5.17 Å². The lowest BCUT2D eigenvalue weighted by Gasteiger charge is -1.99. The van der Waals surface area contributed by atoms with Gasteiger partial charge in [-0.3, -0.25) is 4.79 Å². The maximum Gasteiger partial charge on any atom is 0.329 e. The minimum atomic E-state index is -1.15. The Labute approximate surface area is 108 Å². The number of carbonyl (C=O) groups is 2. The summed E-state index contributed by atoms with van der Waals surface area (Å²) in [5, 5.41) is 11.5. The van der Waals surface area contributed by atoms with Crippen LogP contribution in [0.1, 0.15) is 5.56 Å². The molecule has 0 aromatic heterocycles. The number of hydrogen-bond donors (Lipinski definition) is 2. The van der Waals surface area contributed by atoms with Gasteiger partial charge in [0.2, 0.25) is 0 Å². The van der Waals surface area contributed by atoms with Gasteiger partial charge in [-0.15, -0.1) is 0 Å². The molecular formula is C12H10N2O3S. The number of carboxylic acids is 1. The first-order valence-corrected chi connectivity index (χ1v) is 5.96. The van der Waals surface area contributed by atoms with Gasteiger partial charge in [0.15, 0.2) is 5.17 Å². The van der Waals surface area contributed by atoms with Crippen LogP contribution in [0.25, 0.3) is 0 Å². The van der Waals surface area contributed by atoms with Crippen LogP contribution < -0.4 is 5.32 Å². The molecule has 0 aliphatic carbocycles. The molecule has 1 aliphatic rings. The van der Waals surface area contributed by atoms with E-state index in [1.807, 2.05) is 31.2 Å². The van der Waals surface area contributed by atoms with Crippen molar-refractivity contribution >= 4 is 34.5 Å². The average Bonchev–Trinajstić information content (AvgIpc) is 2.62. The van der Waals surface area contributed by atoms with Crippen molar-refractivity contribution in [3.8, 4) is 0 Å². The van der Waals surface area contributed by atoms with Gasteiger partial charge in [0, 0.05) is 6.08 Å². The Bertz CT molecular complexity index is 578. The highest BCUT2D eigenvalue weighted by Crippen LogP contribution is 2.27. The molecule has 1 aromatic rings. The number of aliphatic imine (C=N–C) groups is 1. The maximum atomic E-state index is 11.5. The fourth-order valence-corrected chi connectivity index (χ4v) is 2.19. The van der Waals surface area contributed by atoms with Crippen LogP contribution in [0.3, 0.4) is 0 Å². The zero-order chi connectivity index (χ0) is 13.1. The van der Waals surface area contributed by atoms with Crippen LogP contribution in [-0.4, -0.2) is 22.2 Å². The van der Waals surface area contributed by atoms with Gasteiger partial charge in [0.25, 0.3) is 5.91 Å². The monoisotopic (exact) mass is 262 g/mol. The van der Waals surface area contributed by atoms with Gasteiger partial charge in [-0.25, -0.2) is 9.79 Å². The third-order valence-electron chi connectivity index (χ3n) is 2.24. The molecule has 1 amide bonds. The standard InChI is InChI=1S/C12H10N2O3S/c1-7-4-2-3-5-8(7)13-12-14-11(17)9(18-12)6-10(15)16/h2-6H,1H3,(H,15,16)(H,13,14,17)/b9-6-. The number of aryl methyl sites for hydroxylation is 1. The van der Waals surface area contributed by atoms with Crippen molar-refractivity contribution in [2.45, 2.75) is 6.92 Å². The van der Waals surface area contributed by atoms with Crippen LogP contribution in [0.4, 0.5) is 5.69 Å². The second-order valence-corrected chi connectivity index (χ2v) is 4.64. The summed E-state index contributed by atoms with van der Waals surface area (Å²) < 4.78 is 0. The van der Waals surface area contributed by atoms with Crippen LogP contribution in [0.15, 0.2) is 40.2 Å². The first kappa shape index (κ1) is 12.4. The molecule has 2 N–H and O–H groups in total. The van der Waals surface area contributed by atoms with Crippen molar-refractivity contribution in [3.63, 3.8) is 0 Å². The molecule has 0 bridgehead atoms. The van der Waals surface area contributed by atoms with Gasteiger partial charge in [-0.1, -0.05) is 18.2 Å². The molecule has 1 aromatic carbocycles. The van der Waals surface area contributed by atoms with Crippen molar-refractivity contribution < 1.29 is 14.7 Å². The lowest BCUT2D eigenvalue weighted by molar-refractivity contribution is -0.131. The molecule has 0 atom stereocenters. The van der Waals surface area contributed by atoms with Gasteiger partial charge in [-0.05, 0) is 30.3 Å². The molecule has 1 heterocycles. The SMILES string of the molecule is Cc1ccccc1N=C1NC(=O)/C(=C/C(=O)O)S1. The number of aliphatic carboxylic acids is 1. The van der Waals surface area contributed by atoms with Gasteiger partial charge in [0.05, 0.1) is 10.6 Å². The zero-order valence-corrected chi connectivity index (χ0v) is 10.3. The van der Waals surface area contributed by atoms with E-state index >= 15 is 0 Å². The van der Waals surface area contributed by atoms with Gasteiger partial charge in [-0.2, -0.15) is 0 Å². The van der Waals surface area contributed by atoms with Crippen molar-refractivity contribution in [3.05, 3.63) is 40.8 Å². The summed E-state index contributed by atoms with van der Waals surface area (Å²) in [5.74, 6) is -1.58. The minimum Gasteiger partial charge on any atom is -0.478 e. The van der Waals surface area contributed by atoms with Crippen LogP contribution in [0.5, 0.6) is 0 Å². The number of carbonyl (C=O) groups excluding carboxylic acids is 1. The number of rotatable bonds is 2. The van der Waals surface area contributed by atoms with Crippen LogP contribution in [0, 0.1) is 6.92 Å². The number of para-hydroxylation sites is 1. The first-order valence-electron chi connectivity index (χ1n) is 5.14. The molecule has 92 valence electrons. The fourth-order valence-electron chi connectivity index (χ4n) is 1.39. The summed E-state index contributed by atoms with van der Waals surface area (Å²) in [7, 11) is 0. The molecule has 2 rings (SSSR count). The lowest BCUT2D eigenvalue weighted by Crippen LogP contribution is -2.19. The third kappa shape index (κ3) is 2.78. The van der Waals surface area contributed by atoms with Crippen LogP contribution >= 0.6 is 11.8 Å². The van der Waals surface area contributed by atoms with E-state index < -0.39 is 11.9 Å². The second-order valence-electron chi connectivity index (χ2n) is 3.61. The average molecular weight is 262 g/mol. The highest BCUT2D eigenvalue weighted by Gasteiger charge is 2.24. The number of benzene rings is 1. The van der Waals surface area contributed by atoms with E-state index in [1.54, 1.807) is 0 Å². The normalized spacial score (nSPS) is 19.3. The highest BCUT2D eigenvalue weighted by molar-refractivity contribution is 8.18. The Kier molecular flexibility index (Phi) is 3.47. The number of amidine groups is 1. The largest absolute Gasteiger partial charge is 0.478 e. The Balaban J connectivity index is 2.26. The van der Waals surface area contributed by atoms with E-state index in [4.69, 9.17) is 5.11 Å². The summed E-state index contributed by atoms with van der Waals surface area (Å²) in [6.07, 6.45) is 0.875. The van der Waals surface area contributed by atoms with E-state index in [1.165, 1.54) is 0 Å². The summed E-state index contributed by atoms with van der Waals surface area (Å²) in [6.45, 7) is 1.91. The van der Waals surface area contributed by atoms with Crippen molar-refractivity contribution in [2.75, 3.05) is 0 Å². The quantitative estimate of drug-likeness (QED) is 0.797. The Morgan fingerprint density at radius 2 is 2.17 bits per heavy atom. The van der Waals surface area contributed by atoms with Crippen molar-refractivity contribution in [1.29, 1.82) is 0 Å². The van der Waals surface area contributed by atoms with Crippen LogP contribution in [-0.2, 0) is 9.59 Å². The molecule has 0 radical (unpaired) electrons. The summed E-state index contributed by atoms with van der Waals surface area (Å²) in [4.78, 5) is 26.4. The number of nitrogens with zero attached hydrogens (tertiary/aromatic N) is 1. The lowest BCUT2D eigenvalue weighted by atomic mass is 10.2. The van der Waals surface area contributed by atoms with E-state index in [0.717, 1.165) is 29.1 Å². The third-order valence-corrected chi connectivity index (χ3v) is 3.15. The first-order chi connectivity index (χ1) is 8.56. The number of thioether (sulfide) groups is 1.